The maximum absolute atomic E-state index is 10.8. The zero-order valence-corrected chi connectivity index (χ0v) is 17.6. The Bertz CT molecular complexity index is 1330. The van der Waals surface area contributed by atoms with E-state index < -0.39 is 0 Å². The van der Waals surface area contributed by atoms with Gasteiger partial charge in [-0.2, -0.15) is 9.61 Å². The molecule has 1 N–H and O–H groups in total. The summed E-state index contributed by atoms with van der Waals surface area (Å²) < 4.78 is 6.68. The van der Waals surface area contributed by atoms with E-state index in [0.717, 1.165) is 27.3 Å². The highest BCUT2D eigenvalue weighted by molar-refractivity contribution is 7.99. The third-order valence-corrected chi connectivity index (χ3v) is 6.06. The minimum absolute atomic E-state index is 0.0534. The van der Waals surface area contributed by atoms with Gasteiger partial charge in [0.1, 0.15) is 5.75 Å². The molecule has 2 heterocycles. The van der Waals surface area contributed by atoms with Crippen LogP contribution >= 0.6 is 11.8 Å². The van der Waals surface area contributed by atoms with Gasteiger partial charge >= 0.3 is 0 Å². The highest BCUT2D eigenvalue weighted by Gasteiger charge is 2.15. The molecule has 0 radical (unpaired) electrons. The summed E-state index contributed by atoms with van der Waals surface area (Å²) >= 11 is 1.72. The van der Waals surface area contributed by atoms with Crippen LogP contribution in [0, 0.1) is 0 Å². The Kier molecular flexibility index (Phi) is 5.06. The maximum atomic E-state index is 10.8. The highest BCUT2D eigenvalue weighted by Crippen LogP contribution is 2.34. The summed E-state index contributed by atoms with van der Waals surface area (Å²) in [6.07, 6.45) is 3.41. The molecule has 0 aliphatic carbocycles. The molecule has 2 aromatic heterocycles. The van der Waals surface area contributed by atoms with E-state index in [-0.39, 0.29) is 5.88 Å². The Morgan fingerprint density at radius 1 is 0.774 bits per heavy atom. The van der Waals surface area contributed by atoms with Crippen molar-refractivity contribution in [2.24, 2.45) is 0 Å². The molecular weight excluding hydrogens is 406 g/mol. The summed E-state index contributed by atoms with van der Waals surface area (Å²) in [5, 5.41) is 15.2. The summed E-state index contributed by atoms with van der Waals surface area (Å²) in [7, 11) is 1.62. The molecule has 0 saturated carbocycles. The Hall–Kier alpha value is -3.77. The number of hydrogen-bond acceptors (Lipinski definition) is 5. The van der Waals surface area contributed by atoms with Gasteiger partial charge in [-0.3, -0.25) is 0 Å². The lowest BCUT2D eigenvalue weighted by atomic mass is 10.1. The highest BCUT2D eigenvalue weighted by atomic mass is 32.2. The maximum Gasteiger partial charge on any atom is 0.223 e. The second kappa shape index (κ2) is 8.16. The molecule has 0 bridgehead atoms. The van der Waals surface area contributed by atoms with Crippen molar-refractivity contribution in [3.8, 4) is 33.9 Å². The first-order valence-electron chi connectivity index (χ1n) is 9.76. The van der Waals surface area contributed by atoms with E-state index in [1.165, 1.54) is 9.41 Å². The van der Waals surface area contributed by atoms with E-state index in [0.29, 0.717) is 11.2 Å². The standard InChI is InChI=1S/C25H19N3O2S/c1-30-19-11-7-18(8-12-19)23-15-26-24-22(16-27-28(24)25(23)29)17-9-13-21(14-10-17)31-20-5-3-2-4-6-20/h2-16,29H,1H3. The minimum atomic E-state index is 0.0534. The quantitative estimate of drug-likeness (QED) is 0.378. The second-order valence-corrected chi connectivity index (χ2v) is 8.10. The van der Waals surface area contributed by atoms with Crippen LogP contribution in [0.15, 0.2) is 101 Å². The van der Waals surface area contributed by atoms with Crippen molar-refractivity contribution < 1.29 is 9.84 Å². The number of methoxy groups -OCH3 is 1. The Morgan fingerprint density at radius 2 is 1.42 bits per heavy atom. The van der Waals surface area contributed by atoms with Crippen LogP contribution in [0.4, 0.5) is 0 Å². The Morgan fingerprint density at radius 3 is 2.13 bits per heavy atom. The van der Waals surface area contributed by atoms with Crippen molar-refractivity contribution in [2.75, 3.05) is 7.11 Å². The van der Waals surface area contributed by atoms with Gasteiger partial charge in [0.15, 0.2) is 5.65 Å². The van der Waals surface area contributed by atoms with Crippen molar-refractivity contribution in [2.45, 2.75) is 9.79 Å². The van der Waals surface area contributed by atoms with Gasteiger partial charge in [0, 0.05) is 21.6 Å². The van der Waals surface area contributed by atoms with Crippen LogP contribution in [-0.2, 0) is 0 Å². The molecule has 5 aromatic rings. The molecule has 5 rings (SSSR count). The average molecular weight is 426 g/mol. The molecule has 31 heavy (non-hydrogen) atoms. The van der Waals surface area contributed by atoms with Crippen molar-refractivity contribution >= 4 is 17.4 Å². The first kappa shape index (κ1) is 19.2. The summed E-state index contributed by atoms with van der Waals surface area (Å²) in [6, 6.07) is 26.0. The number of fused-ring (bicyclic) bond motifs is 1. The fourth-order valence-electron chi connectivity index (χ4n) is 3.42. The van der Waals surface area contributed by atoms with E-state index in [9.17, 15) is 5.11 Å². The van der Waals surface area contributed by atoms with E-state index >= 15 is 0 Å². The molecule has 0 aliphatic rings. The monoisotopic (exact) mass is 425 g/mol. The lowest BCUT2D eigenvalue weighted by Crippen LogP contribution is -1.94. The number of rotatable bonds is 5. The van der Waals surface area contributed by atoms with Crippen LogP contribution in [-0.4, -0.2) is 26.8 Å². The normalized spacial score (nSPS) is 11.0. The summed E-state index contributed by atoms with van der Waals surface area (Å²) in [5.74, 6) is 0.810. The molecule has 6 heteroatoms. The lowest BCUT2D eigenvalue weighted by molar-refractivity contribution is 0.415. The molecule has 3 aromatic carbocycles. The van der Waals surface area contributed by atoms with Gasteiger partial charge in [0.05, 0.1) is 18.9 Å². The molecule has 0 fully saturated rings. The molecule has 0 atom stereocenters. The summed E-state index contributed by atoms with van der Waals surface area (Å²) in [4.78, 5) is 6.95. The summed E-state index contributed by atoms with van der Waals surface area (Å²) in [6.45, 7) is 0. The van der Waals surface area contributed by atoms with Crippen molar-refractivity contribution in [1.29, 1.82) is 0 Å². The van der Waals surface area contributed by atoms with Crippen LogP contribution in [0.25, 0.3) is 27.9 Å². The van der Waals surface area contributed by atoms with Gasteiger partial charge in [0.2, 0.25) is 5.88 Å². The van der Waals surface area contributed by atoms with Crippen LogP contribution in [0.3, 0.4) is 0 Å². The smallest absolute Gasteiger partial charge is 0.223 e. The molecular formula is C25H19N3O2S. The van der Waals surface area contributed by atoms with Crippen molar-refractivity contribution in [1.82, 2.24) is 14.6 Å². The first-order chi connectivity index (χ1) is 15.2. The van der Waals surface area contributed by atoms with Crippen molar-refractivity contribution in [3.05, 3.63) is 91.3 Å². The predicted octanol–water partition coefficient (Wildman–Crippen LogP) is 5.93. The van der Waals surface area contributed by atoms with Crippen LogP contribution < -0.4 is 4.74 Å². The number of aromatic nitrogens is 3. The predicted molar refractivity (Wildman–Crippen MR) is 123 cm³/mol. The average Bonchev–Trinajstić information content (AvgIpc) is 3.26. The largest absolute Gasteiger partial charge is 0.497 e. The number of benzene rings is 3. The number of ether oxygens (including phenoxy) is 1. The molecule has 0 unspecified atom stereocenters. The molecule has 152 valence electrons. The first-order valence-corrected chi connectivity index (χ1v) is 10.6. The number of nitrogens with zero attached hydrogens (tertiary/aromatic N) is 3. The molecule has 0 amide bonds. The third-order valence-electron chi connectivity index (χ3n) is 5.05. The lowest BCUT2D eigenvalue weighted by Gasteiger charge is -2.08. The number of hydrogen-bond donors (Lipinski definition) is 1. The fourth-order valence-corrected chi connectivity index (χ4v) is 4.26. The van der Waals surface area contributed by atoms with Gasteiger partial charge in [0.25, 0.3) is 0 Å². The van der Waals surface area contributed by atoms with Gasteiger partial charge < -0.3 is 9.84 Å². The van der Waals surface area contributed by atoms with Gasteiger partial charge in [-0.05, 0) is 47.5 Å². The number of aromatic hydroxyl groups is 1. The fraction of sp³-hybridized carbons (Fsp3) is 0.0400. The topological polar surface area (TPSA) is 59.7 Å². The molecule has 0 spiro atoms. The minimum Gasteiger partial charge on any atom is -0.497 e. The van der Waals surface area contributed by atoms with Gasteiger partial charge in [-0.1, -0.05) is 54.2 Å². The Labute approximate surface area is 184 Å². The third kappa shape index (κ3) is 3.73. The van der Waals surface area contributed by atoms with Gasteiger partial charge in [-0.15, -0.1) is 0 Å². The molecule has 5 nitrogen and oxygen atoms in total. The van der Waals surface area contributed by atoms with Gasteiger partial charge in [-0.25, -0.2) is 4.98 Å². The van der Waals surface area contributed by atoms with Crippen LogP contribution in [0.5, 0.6) is 11.6 Å². The molecule has 0 aliphatic heterocycles. The SMILES string of the molecule is COc1ccc(-c2cnc3c(-c4ccc(Sc5ccccc5)cc4)cnn3c2O)cc1. The molecule has 0 saturated heterocycles. The summed E-state index contributed by atoms with van der Waals surface area (Å²) in [5.41, 5.74) is 3.93. The zero-order valence-electron chi connectivity index (χ0n) is 16.8. The Balaban J connectivity index is 1.46. The van der Waals surface area contributed by atoms with E-state index in [2.05, 4.69) is 46.5 Å². The second-order valence-electron chi connectivity index (χ2n) is 6.96. The van der Waals surface area contributed by atoms with Crippen LogP contribution in [0.1, 0.15) is 0 Å². The van der Waals surface area contributed by atoms with E-state index in [4.69, 9.17) is 4.74 Å². The van der Waals surface area contributed by atoms with E-state index in [1.54, 1.807) is 31.3 Å². The van der Waals surface area contributed by atoms with Crippen LogP contribution in [0.2, 0.25) is 0 Å². The zero-order chi connectivity index (χ0) is 21.2. The van der Waals surface area contributed by atoms with E-state index in [1.807, 2.05) is 42.5 Å². The van der Waals surface area contributed by atoms with Crippen molar-refractivity contribution in [3.63, 3.8) is 0 Å².